The molecule has 1 unspecified atom stereocenters. The van der Waals surface area contributed by atoms with E-state index < -0.39 is 0 Å². The monoisotopic (exact) mass is 264 g/mol. The Morgan fingerprint density at radius 3 is 2.63 bits per heavy atom. The second-order valence-corrected chi connectivity index (χ2v) is 6.03. The van der Waals surface area contributed by atoms with Gasteiger partial charge in [-0.05, 0) is 32.9 Å². The molecule has 1 aromatic rings. The van der Waals surface area contributed by atoms with Crippen molar-refractivity contribution in [3.63, 3.8) is 0 Å². The molecule has 0 aliphatic rings. The molecule has 108 valence electrons. The molecule has 1 atom stereocenters. The number of benzene rings is 1. The van der Waals surface area contributed by atoms with Gasteiger partial charge in [0.15, 0.2) is 0 Å². The summed E-state index contributed by atoms with van der Waals surface area (Å²) in [7, 11) is 1.73. The Morgan fingerprint density at radius 1 is 1.37 bits per heavy atom. The summed E-state index contributed by atoms with van der Waals surface area (Å²) in [6.45, 7) is 10.5. The molecule has 0 aliphatic heterocycles. The molecule has 0 aliphatic carbocycles. The summed E-state index contributed by atoms with van der Waals surface area (Å²) in [5, 5.41) is 3.49. The minimum atomic E-state index is 0.0369. The third-order valence-corrected chi connectivity index (χ3v) is 3.43. The number of nitrogens with one attached hydrogen (secondary N) is 1. The van der Waals surface area contributed by atoms with Crippen LogP contribution in [0.1, 0.15) is 38.3 Å². The number of rotatable bonds is 7. The van der Waals surface area contributed by atoms with Gasteiger partial charge in [-0.25, -0.2) is 0 Å². The highest BCUT2D eigenvalue weighted by Gasteiger charge is 2.24. The smallest absolute Gasteiger partial charge is 0.122 e. The van der Waals surface area contributed by atoms with Crippen molar-refractivity contribution in [2.75, 3.05) is 20.2 Å². The fourth-order valence-corrected chi connectivity index (χ4v) is 2.18. The van der Waals surface area contributed by atoms with Crippen molar-refractivity contribution in [2.24, 2.45) is 5.73 Å². The molecule has 0 spiro atoms. The lowest BCUT2D eigenvalue weighted by atomic mass is 9.83. The Hall–Kier alpha value is -1.06. The van der Waals surface area contributed by atoms with E-state index in [1.807, 2.05) is 13.0 Å². The van der Waals surface area contributed by atoms with Crippen LogP contribution in [0.3, 0.4) is 0 Å². The van der Waals surface area contributed by atoms with E-state index in [1.54, 1.807) is 7.11 Å². The Kier molecular flexibility index (Phi) is 5.83. The van der Waals surface area contributed by atoms with Crippen LogP contribution in [0.15, 0.2) is 18.2 Å². The van der Waals surface area contributed by atoms with Crippen LogP contribution in [-0.2, 0) is 5.41 Å². The Balaban J connectivity index is 2.73. The Morgan fingerprint density at radius 2 is 2.05 bits per heavy atom. The van der Waals surface area contributed by atoms with E-state index in [-0.39, 0.29) is 11.5 Å². The predicted molar refractivity (Wildman–Crippen MR) is 81.9 cm³/mol. The van der Waals surface area contributed by atoms with Crippen molar-refractivity contribution >= 4 is 0 Å². The molecule has 3 nitrogen and oxygen atoms in total. The Labute approximate surface area is 117 Å². The SMILES string of the molecule is COc1ccc(C)cc1C(C)(C)CNCCC(C)N. The molecule has 3 N–H and O–H groups in total. The molecule has 0 saturated carbocycles. The summed E-state index contributed by atoms with van der Waals surface area (Å²) in [5.74, 6) is 0.963. The Bertz CT molecular complexity index is 400. The predicted octanol–water partition coefficient (Wildman–Crippen LogP) is 2.61. The molecule has 0 fully saturated rings. The number of hydrogen-bond donors (Lipinski definition) is 2. The normalized spacial score (nSPS) is 13.4. The second kappa shape index (κ2) is 6.92. The molecule has 0 saturated heterocycles. The van der Waals surface area contributed by atoms with Crippen molar-refractivity contribution < 1.29 is 4.74 Å². The van der Waals surface area contributed by atoms with Crippen LogP contribution < -0.4 is 15.8 Å². The molecule has 1 aromatic carbocycles. The molecular weight excluding hydrogens is 236 g/mol. The van der Waals surface area contributed by atoms with Crippen LogP contribution in [0.25, 0.3) is 0 Å². The summed E-state index contributed by atoms with van der Waals surface area (Å²) in [5.41, 5.74) is 8.31. The first-order valence-electron chi connectivity index (χ1n) is 6.98. The van der Waals surface area contributed by atoms with E-state index >= 15 is 0 Å². The van der Waals surface area contributed by atoms with Crippen LogP contribution in [-0.4, -0.2) is 26.2 Å². The van der Waals surface area contributed by atoms with E-state index in [9.17, 15) is 0 Å². The van der Waals surface area contributed by atoms with Gasteiger partial charge in [-0.3, -0.25) is 0 Å². The second-order valence-electron chi connectivity index (χ2n) is 6.03. The molecule has 19 heavy (non-hydrogen) atoms. The first-order valence-corrected chi connectivity index (χ1v) is 6.98. The van der Waals surface area contributed by atoms with E-state index in [4.69, 9.17) is 10.5 Å². The van der Waals surface area contributed by atoms with Gasteiger partial charge < -0.3 is 15.8 Å². The van der Waals surface area contributed by atoms with Gasteiger partial charge in [-0.2, -0.15) is 0 Å². The van der Waals surface area contributed by atoms with E-state index in [0.29, 0.717) is 0 Å². The molecular formula is C16H28N2O. The van der Waals surface area contributed by atoms with Gasteiger partial charge in [-0.1, -0.05) is 31.5 Å². The van der Waals surface area contributed by atoms with E-state index in [2.05, 4.69) is 38.2 Å². The van der Waals surface area contributed by atoms with Crippen LogP contribution in [0.2, 0.25) is 0 Å². The lowest BCUT2D eigenvalue weighted by Gasteiger charge is -2.28. The highest BCUT2D eigenvalue weighted by atomic mass is 16.5. The van der Waals surface area contributed by atoms with Gasteiger partial charge in [0.2, 0.25) is 0 Å². The summed E-state index contributed by atoms with van der Waals surface area (Å²) >= 11 is 0. The maximum atomic E-state index is 5.76. The number of methoxy groups -OCH3 is 1. The minimum absolute atomic E-state index is 0.0369. The molecule has 3 heteroatoms. The largest absolute Gasteiger partial charge is 0.496 e. The van der Waals surface area contributed by atoms with Gasteiger partial charge in [0, 0.05) is 23.6 Å². The van der Waals surface area contributed by atoms with Crippen molar-refractivity contribution in [2.45, 2.75) is 45.6 Å². The van der Waals surface area contributed by atoms with Gasteiger partial charge in [-0.15, -0.1) is 0 Å². The fraction of sp³-hybridized carbons (Fsp3) is 0.625. The van der Waals surface area contributed by atoms with Crippen LogP contribution in [0, 0.1) is 6.92 Å². The average Bonchev–Trinajstić information content (AvgIpc) is 2.34. The lowest BCUT2D eigenvalue weighted by Crippen LogP contribution is -2.35. The van der Waals surface area contributed by atoms with E-state index in [0.717, 1.165) is 25.3 Å². The third-order valence-electron chi connectivity index (χ3n) is 3.43. The van der Waals surface area contributed by atoms with Gasteiger partial charge in [0.05, 0.1) is 7.11 Å². The molecule has 0 radical (unpaired) electrons. The molecule has 0 heterocycles. The first kappa shape index (κ1) is 16.0. The van der Waals surface area contributed by atoms with Crippen LogP contribution in [0.5, 0.6) is 5.75 Å². The first-order chi connectivity index (χ1) is 8.86. The minimum Gasteiger partial charge on any atom is -0.496 e. The highest BCUT2D eigenvalue weighted by molar-refractivity contribution is 5.41. The summed E-state index contributed by atoms with van der Waals surface area (Å²) in [6.07, 6.45) is 1.00. The molecule has 1 rings (SSSR count). The third kappa shape index (κ3) is 4.84. The van der Waals surface area contributed by atoms with E-state index in [1.165, 1.54) is 11.1 Å². The van der Waals surface area contributed by atoms with Crippen LogP contribution >= 0.6 is 0 Å². The van der Waals surface area contributed by atoms with Crippen molar-refractivity contribution in [3.05, 3.63) is 29.3 Å². The molecule has 0 bridgehead atoms. The zero-order chi connectivity index (χ0) is 14.5. The standard InChI is InChI=1S/C16H28N2O/c1-12-6-7-15(19-5)14(10-12)16(3,4)11-18-9-8-13(2)17/h6-7,10,13,18H,8-9,11,17H2,1-5H3. The topological polar surface area (TPSA) is 47.3 Å². The maximum absolute atomic E-state index is 5.76. The number of hydrogen-bond acceptors (Lipinski definition) is 3. The number of nitrogens with two attached hydrogens (primary N) is 1. The summed E-state index contributed by atoms with van der Waals surface area (Å²) in [4.78, 5) is 0. The van der Waals surface area contributed by atoms with Gasteiger partial charge in [0.25, 0.3) is 0 Å². The molecule has 0 amide bonds. The maximum Gasteiger partial charge on any atom is 0.122 e. The summed E-state index contributed by atoms with van der Waals surface area (Å²) < 4.78 is 5.48. The quantitative estimate of drug-likeness (QED) is 0.744. The molecule has 0 aromatic heterocycles. The fourth-order valence-electron chi connectivity index (χ4n) is 2.18. The number of aryl methyl sites for hydroxylation is 1. The summed E-state index contributed by atoms with van der Waals surface area (Å²) in [6, 6.07) is 6.60. The van der Waals surface area contributed by atoms with Crippen molar-refractivity contribution in [3.8, 4) is 5.75 Å². The highest BCUT2D eigenvalue weighted by Crippen LogP contribution is 2.31. The number of ether oxygens (including phenoxy) is 1. The van der Waals surface area contributed by atoms with Crippen molar-refractivity contribution in [1.82, 2.24) is 5.32 Å². The zero-order valence-electron chi connectivity index (χ0n) is 12.9. The van der Waals surface area contributed by atoms with Crippen LogP contribution in [0.4, 0.5) is 0 Å². The van der Waals surface area contributed by atoms with Crippen molar-refractivity contribution in [1.29, 1.82) is 0 Å². The zero-order valence-corrected chi connectivity index (χ0v) is 12.9. The van der Waals surface area contributed by atoms with Gasteiger partial charge >= 0.3 is 0 Å². The lowest BCUT2D eigenvalue weighted by molar-refractivity contribution is 0.384. The average molecular weight is 264 g/mol. The van der Waals surface area contributed by atoms with Gasteiger partial charge in [0.1, 0.15) is 5.75 Å².